The molecule has 2 aromatic carbocycles. The van der Waals surface area contributed by atoms with E-state index in [1.54, 1.807) is 0 Å². The van der Waals surface area contributed by atoms with E-state index < -0.39 is 6.10 Å². The first-order chi connectivity index (χ1) is 8.91. The Morgan fingerprint density at radius 2 is 1.53 bits per heavy atom. The van der Waals surface area contributed by atoms with Crippen molar-refractivity contribution in [3.05, 3.63) is 69.5 Å². The smallest absolute Gasteiger partial charge is 0.123 e. The highest BCUT2D eigenvalue weighted by Crippen LogP contribution is 2.31. The fourth-order valence-corrected chi connectivity index (χ4v) is 2.58. The van der Waals surface area contributed by atoms with Crippen LogP contribution in [0, 0.1) is 33.5 Å². The van der Waals surface area contributed by atoms with Crippen LogP contribution < -0.4 is 0 Å². The van der Waals surface area contributed by atoms with E-state index in [0.29, 0.717) is 0 Å². The highest BCUT2D eigenvalue weighted by atomic mass is 19.1. The van der Waals surface area contributed by atoms with Crippen molar-refractivity contribution in [2.45, 2.75) is 33.8 Å². The molecule has 0 aliphatic heterocycles. The fraction of sp³-hybridized carbons (Fsp3) is 0.294. The van der Waals surface area contributed by atoms with Crippen LogP contribution in [0.4, 0.5) is 4.39 Å². The quantitative estimate of drug-likeness (QED) is 0.858. The third-order valence-corrected chi connectivity index (χ3v) is 3.77. The van der Waals surface area contributed by atoms with Crippen LogP contribution in [0.15, 0.2) is 30.3 Å². The monoisotopic (exact) mass is 258 g/mol. The molecule has 0 spiro atoms. The van der Waals surface area contributed by atoms with Gasteiger partial charge in [-0.25, -0.2) is 4.39 Å². The van der Waals surface area contributed by atoms with Gasteiger partial charge in [0, 0.05) is 0 Å². The van der Waals surface area contributed by atoms with Gasteiger partial charge in [0.2, 0.25) is 0 Å². The van der Waals surface area contributed by atoms with Crippen molar-refractivity contribution in [2.24, 2.45) is 0 Å². The molecular weight excluding hydrogens is 239 g/mol. The van der Waals surface area contributed by atoms with Gasteiger partial charge in [-0.05, 0) is 73.2 Å². The molecule has 0 bridgehead atoms. The van der Waals surface area contributed by atoms with Gasteiger partial charge in [0.1, 0.15) is 11.9 Å². The average molecular weight is 258 g/mol. The van der Waals surface area contributed by atoms with Gasteiger partial charge >= 0.3 is 0 Å². The van der Waals surface area contributed by atoms with Crippen molar-refractivity contribution < 1.29 is 9.50 Å². The molecule has 0 radical (unpaired) electrons. The molecular formula is C17H19FO. The SMILES string of the molecule is Cc1cccc(C(O)c2c(C)cc(F)cc2C)c1C. The maximum Gasteiger partial charge on any atom is 0.123 e. The van der Waals surface area contributed by atoms with Gasteiger partial charge in [0.15, 0.2) is 0 Å². The lowest BCUT2D eigenvalue weighted by atomic mass is 9.90. The molecule has 0 aromatic heterocycles. The Balaban J connectivity index is 2.56. The molecule has 100 valence electrons. The number of hydrogen-bond acceptors (Lipinski definition) is 1. The zero-order valence-corrected chi connectivity index (χ0v) is 11.8. The Labute approximate surface area is 113 Å². The van der Waals surface area contributed by atoms with Gasteiger partial charge in [0.25, 0.3) is 0 Å². The Morgan fingerprint density at radius 3 is 2.11 bits per heavy atom. The topological polar surface area (TPSA) is 20.2 Å². The van der Waals surface area contributed by atoms with Crippen molar-refractivity contribution in [3.8, 4) is 0 Å². The van der Waals surface area contributed by atoms with E-state index in [1.807, 2.05) is 45.9 Å². The Kier molecular flexibility index (Phi) is 3.72. The van der Waals surface area contributed by atoms with E-state index in [4.69, 9.17) is 0 Å². The second kappa shape index (κ2) is 5.14. The molecule has 0 saturated carbocycles. The van der Waals surface area contributed by atoms with Crippen LogP contribution in [0.5, 0.6) is 0 Å². The number of aliphatic hydroxyl groups is 1. The summed E-state index contributed by atoms with van der Waals surface area (Å²) in [5.74, 6) is -0.257. The normalized spacial score (nSPS) is 12.5. The van der Waals surface area contributed by atoms with Crippen LogP contribution in [0.2, 0.25) is 0 Å². The molecule has 0 amide bonds. The molecule has 2 aromatic rings. The van der Waals surface area contributed by atoms with Gasteiger partial charge < -0.3 is 5.11 Å². The summed E-state index contributed by atoms with van der Waals surface area (Å²) >= 11 is 0. The average Bonchev–Trinajstić information content (AvgIpc) is 2.31. The third-order valence-electron chi connectivity index (χ3n) is 3.77. The van der Waals surface area contributed by atoms with Gasteiger partial charge in [-0.15, -0.1) is 0 Å². The molecule has 2 heteroatoms. The lowest BCUT2D eigenvalue weighted by Crippen LogP contribution is -2.07. The summed E-state index contributed by atoms with van der Waals surface area (Å²) in [4.78, 5) is 0. The highest BCUT2D eigenvalue weighted by molar-refractivity contribution is 5.44. The van der Waals surface area contributed by atoms with E-state index in [9.17, 15) is 9.50 Å². The maximum absolute atomic E-state index is 13.3. The Morgan fingerprint density at radius 1 is 0.947 bits per heavy atom. The number of halogens is 1. The summed E-state index contributed by atoms with van der Waals surface area (Å²) in [6.07, 6.45) is -0.708. The maximum atomic E-state index is 13.3. The van der Waals surface area contributed by atoms with Gasteiger partial charge in [-0.2, -0.15) is 0 Å². The van der Waals surface area contributed by atoms with E-state index in [-0.39, 0.29) is 5.82 Å². The number of benzene rings is 2. The third kappa shape index (κ3) is 2.54. The second-order valence-electron chi connectivity index (χ2n) is 5.14. The summed E-state index contributed by atoms with van der Waals surface area (Å²) in [5, 5.41) is 10.6. The molecule has 0 saturated heterocycles. The molecule has 0 aliphatic rings. The van der Waals surface area contributed by atoms with Crippen molar-refractivity contribution >= 4 is 0 Å². The minimum absolute atomic E-state index is 0.257. The standard InChI is InChI=1S/C17H19FO/c1-10-6-5-7-15(13(10)4)17(19)16-11(2)8-14(18)9-12(16)3/h5-9,17,19H,1-4H3. The molecule has 1 atom stereocenters. The predicted octanol–water partition coefficient (Wildman–Crippen LogP) is 4.14. The zero-order valence-electron chi connectivity index (χ0n) is 11.8. The molecule has 1 nitrogen and oxygen atoms in total. The summed E-state index contributed by atoms with van der Waals surface area (Å²) < 4.78 is 13.3. The van der Waals surface area contributed by atoms with Crippen LogP contribution in [0.1, 0.15) is 39.5 Å². The summed E-state index contributed by atoms with van der Waals surface area (Å²) in [6, 6.07) is 8.83. The lowest BCUT2D eigenvalue weighted by molar-refractivity contribution is 0.218. The Bertz CT molecular complexity index is 594. The summed E-state index contributed by atoms with van der Waals surface area (Å²) in [6.45, 7) is 7.69. The molecule has 1 unspecified atom stereocenters. The van der Waals surface area contributed by atoms with Crippen molar-refractivity contribution in [2.75, 3.05) is 0 Å². The zero-order chi connectivity index (χ0) is 14.2. The fourth-order valence-electron chi connectivity index (χ4n) is 2.58. The van der Waals surface area contributed by atoms with Crippen LogP contribution in [0.3, 0.4) is 0 Å². The van der Waals surface area contributed by atoms with Gasteiger partial charge in [-0.1, -0.05) is 18.2 Å². The molecule has 2 rings (SSSR count). The number of hydrogen-bond donors (Lipinski definition) is 1. The first-order valence-electron chi connectivity index (χ1n) is 6.42. The first-order valence-corrected chi connectivity index (χ1v) is 6.42. The van der Waals surface area contributed by atoms with Crippen molar-refractivity contribution in [1.29, 1.82) is 0 Å². The van der Waals surface area contributed by atoms with Gasteiger partial charge in [-0.3, -0.25) is 0 Å². The second-order valence-corrected chi connectivity index (χ2v) is 5.14. The van der Waals surface area contributed by atoms with Crippen molar-refractivity contribution in [3.63, 3.8) is 0 Å². The summed E-state index contributed by atoms with van der Waals surface area (Å²) in [7, 11) is 0. The van der Waals surface area contributed by atoms with E-state index >= 15 is 0 Å². The summed E-state index contributed by atoms with van der Waals surface area (Å²) in [5.41, 5.74) is 5.48. The Hall–Kier alpha value is -1.67. The molecule has 0 aliphatic carbocycles. The lowest BCUT2D eigenvalue weighted by Gasteiger charge is -2.20. The van der Waals surface area contributed by atoms with Crippen LogP contribution >= 0.6 is 0 Å². The largest absolute Gasteiger partial charge is 0.384 e. The number of rotatable bonds is 2. The van der Waals surface area contributed by atoms with Crippen LogP contribution in [-0.4, -0.2) is 5.11 Å². The predicted molar refractivity (Wildman–Crippen MR) is 75.9 cm³/mol. The minimum Gasteiger partial charge on any atom is -0.384 e. The van der Waals surface area contributed by atoms with Crippen molar-refractivity contribution in [1.82, 2.24) is 0 Å². The molecule has 1 N–H and O–H groups in total. The van der Waals surface area contributed by atoms with Crippen LogP contribution in [-0.2, 0) is 0 Å². The highest BCUT2D eigenvalue weighted by Gasteiger charge is 2.18. The minimum atomic E-state index is -0.708. The van der Waals surface area contributed by atoms with E-state index in [2.05, 4.69) is 0 Å². The number of aliphatic hydroxyl groups excluding tert-OH is 1. The van der Waals surface area contributed by atoms with Crippen LogP contribution in [0.25, 0.3) is 0 Å². The molecule has 0 heterocycles. The number of aryl methyl sites for hydroxylation is 3. The molecule has 0 fully saturated rings. The van der Waals surface area contributed by atoms with E-state index in [1.165, 1.54) is 12.1 Å². The van der Waals surface area contributed by atoms with E-state index in [0.717, 1.165) is 33.4 Å². The van der Waals surface area contributed by atoms with Gasteiger partial charge in [0.05, 0.1) is 0 Å². The first kappa shape index (κ1) is 13.8. The molecule has 19 heavy (non-hydrogen) atoms.